The molecule has 0 unspecified atom stereocenters. The van der Waals surface area contributed by atoms with E-state index in [-0.39, 0.29) is 24.0 Å². The average molecular weight is 455 g/mol. The van der Waals surface area contributed by atoms with Crippen molar-refractivity contribution in [3.05, 3.63) is 51.4 Å². The summed E-state index contributed by atoms with van der Waals surface area (Å²) in [7, 11) is 0. The molecule has 1 aliphatic rings. The number of nitrogens with one attached hydrogen (secondary N) is 1. The van der Waals surface area contributed by atoms with E-state index in [9.17, 15) is 9.59 Å². The number of ether oxygens (including phenoxy) is 1. The summed E-state index contributed by atoms with van der Waals surface area (Å²) < 4.78 is 7.21. The summed E-state index contributed by atoms with van der Waals surface area (Å²) in [5.41, 5.74) is 1.15. The van der Waals surface area contributed by atoms with Gasteiger partial charge in [0.25, 0.3) is 5.56 Å². The molecule has 0 saturated heterocycles. The van der Waals surface area contributed by atoms with Crippen LogP contribution in [0, 0.1) is 5.92 Å². The van der Waals surface area contributed by atoms with Crippen molar-refractivity contribution in [3.63, 3.8) is 0 Å². The van der Waals surface area contributed by atoms with Crippen LogP contribution in [-0.2, 0) is 11.4 Å². The van der Waals surface area contributed by atoms with E-state index in [2.05, 4.69) is 29.2 Å². The highest BCUT2D eigenvalue weighted by Gasteiger charge is 2.21. The summed E-state index contributed by atoms with van der Waals surface area (Å²) >= 11 is 1.47. The molecule has 4 rings (SSSR count). The van der Waals surface area contributed by atoms with Gasteiger partial charge in [-0.1, -0.05) is 44.4 Å². The number of carbonyl (C=O) groups is 1. The van der Waals surface area contributed by atoms with Crippen molar-refractivity contribution in [2.45, 2.75) is 71.3 Å². The highest BCUT2D eigenvalue weighted by Crippen LogP contribution is 2.27. The van der Waals surface area contributed by atoms with Gasteiger partial charge in [0.15, 0.2) is 0 Å². The molecular formula is C24H30N4O3S. The van der Waals surface area contributed by atoms with Crippen molar-refractivity contribution in [2.24, 2.45) is 5.92 Å². The number of benzene rings is 1. The first kappa shape index (κ1) is 22.5. The van der Waals surface area contributed by atoms with Crippen LogP contribution in [0.1, 0.15) is 75.4 Å². The molecular weight excluding hydrogens is 424 g/mol. The van der Waals surface area contributed by atoms with Gasteiger partial charge in [-0.2, -0.15) is 9.61 Å². The number of fused-ring (bicyclic) bond motifs is 1. The molecule has 0 aliphatic heterocycles. The van der Waals surface area contributed by atoms with Crippen LogP contribution in [0.15, 0.2) is 35.1 Å². The molecule has 1 fully saturated rings. The quantitative estimate of drug-likeness (QED) is 0.509. The molecule has 32 heavy (non-hydrogen) atoms. The van der Waals surface area contributed by atoms with Gasteiger partial charge in [0.05, 0.1) is 5.69 Å². The molecule has 0 bridgehead atoms. The van der Waals surface area contributed by atoms with Crippen molar-refractivity contribution in [2.75, 3.05) is 5.32 Å². The van der Waals surface area contributed by atoms with Gasteiger partial charge in [0.1, 0.15) is 17.4 Å². The molecule has 8 heteroatoms. The minimum Gasteiger partial charge on any atom is -0.487 e. The molecule has 0 atom stereocenters. The number of aromatic nitrogens is 3. The zero-order chi connectivity index (χ0) is 22.5. The highest BCUT2D eigenvalue weighted by atomic mass is 32.1. The van der Waals surface area contributed by atoms with Crippen LogP contribution in [0.2, 0.25) is 0 Å². The summed E-state index contributed by atoms with van der Waals surface area (Å²) in [5.74, 6) is 1.23. The fraction of sp³-hybridized carbons (Fsp3) is 0.500. The van der Waals surface area contributed by atoms with Crippen LogP contribution >= 0.6 is 11.3 Å². The van der Waals surface area contributed by atoms with E-state index in [1.54, 1.807) is 0 Å². The number of amides is 1. The predicted molar refractivity (Wildman–Crippen MR) is 126 cm³/mol. The third kappa shape index (κ3) is 5.18. The molecule has 0 radical (unpaired) electrons. The number of hydrogen-bond donors (Lipinski definition) is 1. The second-order valence-electron chi connectivity index (χ2n) is 8.37. The van der Waals surface area contributed by atoms with E-state index in [0.29, 0.717) is 22.3 Å². The minimum absolute atomic E-state index is 0.105. The van der Waals surface area contributed by atoms with Crippen LogP contribution in [0.4, 0.5) is 5.69 Å². The zero-order valence-corrected chi connectivity index (χ0v) is 19.5. The number of hydrogen-bond acceptors (Lipinski definition) is 6. The molecule has 170 valence electrons. The summed E-state index contributed by atoms with van der Waals surface area (Å²) in [6, 6.07) is 8.79. The van der Waals surface area contributed by atoms with Gasteiger partial charge in [-0.15, -0.1) is 0 Å². The van der Waals surface area contributed by atoms with Crippen LogP contribution in [0.25, 0.3) is 4.96 Å². The lowest BCUT2D eigenvalue weighted by atomic mass is 9.88. The van der Waals surface area contributed by atoms with Gasteiger partial charge in [0, 0.05) is 23.6 Å². The van der Waals surface area contributed by atoms with E-state index >= 15 is 0 Å². The Hall–Kier alpha value is -2.74. The normalized spacial score (nSPS) is 14.7. The van der Waals surface area contributed by atoms with Crippen LogP contribution in [-0.4, -0.2) is 20.5 Å². The first-order valence-electron chi connectivity index (χ1n) is 11.5. The third-order valence-electron chi connectivity index (χ3n) is 6.13. The molecule has 1 aliphatic carbocycles. The van der Waals surface area contributed by atoms with E-state index in [1.807, 2.05) is 24.3 Å². The van der Waals surface area contributed by atoms with Crippen molar-refractivity contribution in [1.82, 2.24) is 14.6 Å². The Morgan fingerprint density at radius 2 is 1.91 bits per heavy atom. The smallest absolute Gasteiger partial charge is 0.275 e. The lowest BCUT2D eigenvalue weighted by Gasteiger charge is -2.20. The van der Waals surface area contributed by atoms with E-state index in [4.69, 9.17) is 4.74 Å². The fourth-order valence-electron chi connectivity index (χ4n) is 4.15. The topological polar surface area (TPSA) is 85.6 Å². The van der Waals surface area contributed by atoms with Gasteiger partial charge in [-0.25, -0.2) is 4.98 Å². The highest BCUT2D eigenvalue weighted by molar-refractivity contribution is 7.16. The Morgan fingerprint density at radius 1 is 1.19 bits per heavy atom. The SMILES string of the molecule is CCC(CC)c1nn2c(=O)cc(COc3ccc(NC(=O)C4CCCCC4)cc3)nc2s1. The maximum atomic E-state index is 12.5. The molecule has 1 N–H and O–H groups in total. The summed E-state index contributed by atoms with van der Waals surface area (Å²) in [6.45, 7) is 4.45. The molecule has 1 saturated carbocycles. The zero-order valence-electron chi connectivity index (χ0n) is 18.7. The summed E-state index contributed by atoms with van der Waals surface area (Å²) in [4.78, 5) is 30.0. The Labute approximate surface area is 191 Å². The summed E-state index contributed by atoms with van der Waals surface area (Å²) in [5, 5.41) is 8.42. The van der Waals surface area contributed by atoms with Gasteiger partial charge in [0.2, 0.25) is 10.9 Å². The molecule has 1 amide bonds. The third-order valence-corrected chi connectivity index (χ3v) is 7.20. The number of rotatable bonds is 8. The molecule has 0 spiro atoms. The largest absolute Gasteiger partial charge is 0.487 e. The molecule has 3 aromatic rings. The van der Waals surface area contributed by atoms with Gasteiger partial charge in [-0.3, -0.25) is 9.59 Å². The van der Waals surface area contributed by atoms with E-state index in [0.717, 1.165) is 49.2 Å². The second kappa shape index (κ2) is 10.3. The Bertz CT molecular complexity index is 1110. The maximum absolute atomic E-state index is 12.5. The van der Waals surface area contributed by atoms with Crippen molar-refractivity contribution in [1.29, 1.82) is 0 Å². The van der Waals surface area contributed by atoms with Gasteiger partial charge < -0.3 is 10.1 Å². The average Bonchev–Trinajstić information content (AvgIpc) is 3.24. The molecule has 2 heterocycles. The number of carbonyl (C=O) groups excluding carboxylic acids is 1. The van der Waals surface area contributed by atoms with Crippen LogP contribution in [0.5, 0.6) is 5.75 Å². The van der Waals surface area contributed by atoms with Crippen molar-refractivity contribution >= 4 is 27.9 Å². The predicted octanol–water partition coefficient (Wildman–Crippen LogP) is 5.15. The molecule has 1 aromatic carbocycles. The van der Waals surface area contributed by atoms with E-state index in [1.165, 1.54) is 28.3 Å². The Morgan fingerprint density at radius 3 is 2.59 bits per heavy atom. The lowest BCUT2D eigenvalue weighted by Crippen LogP contribution is -2.24. The second-order valence-corrected chi connectivity index (χ2v) is 9.36. The first-order valence-corrected chi connectivity index (χ1v) is 12.3. The minimum atomic E-state index is -0.192. The molecule has 2 aromatic heterocycles. The lowest BCUT2D eigenvalue weighted by molar-refractivity contribution is -0.120. The fourth-order valence-corrected chi connectivity index (χ4v) is 5.34. The van der Waals surface area contributed by atoms with E-state index < -0.39 is 0 Å². The molecule has 7 nitrogen and oxygen atoms in total. The van der Waals surface area contributed by atoms with Crippen LogP contribution < -0.4 is 15.6 Å². The Kier molecular flexibility index (Phi) is 7.19. The van der Waals surface area contributed by atoms with Gasteiger partial charge >= 0.3 is 0 Å². The standard InChI is InChI=1S/C24H30N4O3S/c1-3-16(4-2)23-27-28-21(29)14-19(26-24(28)32-23)15-31-20-12-10-18(11-13-20)25-22(30)17-8-6-5-7-9-17/h10-14,16-17H,3-9,15H2,1-2H3,(H,25,30). The maximum Gasteiger partial charge on any atom is 0.275 e. The van der Waals surface area contributed by atoms with Crippen molar-refractivity contribution in [3.8, 4) is 5.75 Å². The summed E-state index contributed by atoms with van der Waals surface area (Å²) in [6.07, 6.45) is 7.42. The Balaban J connectivity index is 1.38. The monoisotopic (exact) mass is 454 g/mol. The van der Waals surface area contributed by atoms with Crippen LogP contribution in [0.3, 0.4) is 0 Å². The van der Waals surface area contributed by atoms with Gasteiger partial charge in [-0.05, 0) is 49.9 Å². The number of nitrogens with zero attached hydrogens (tertiary/aromatic N) is 3. The van der Waals surface area contributed by atoms with Crippen molar-refractivity contribution < 1.29 is 9.53 Å². The first-order chi connectivity index (χ1) is 15.6. The number of anilines is 1.